The summed E-state index contributed by atoms with van der Waals surface area (Å²) in [5, 5.41) is 0. The van der Waals surface area contributed by atoms with E-state index in [1.165, 1.54) is 36.8 Å². The first-order chi connectivity index (χ1) is 8.84. The van der Waals surface area contributed by atoms with Crippen LogP contribution in [0.5, 0.6) is 0 Å². The van der Waals surface area contributed by atoms with Gasteiger partial charge in [0.1, 0.15) is 0 Å². The Morgan fingerprint density at radius 1 is 0.667 bits per heavy atom. The second-order valence-electron chi connectivity index (χ2n) is 4.57. The van der Waals surface area contributed by atoms with Crippen LogP contribution in [0.4, 0.5) is 0 Å². The molecule has 0 nitrogen and oxygen atoms in total. The van der Waals surface area contributed by atoms with Crippen molar-refractivity contribution in [1.29, 1.82) is 0 Å². The molecular weight excluding hydrogens is 295 g/mol. The van der Waals surface area contributed by atoms with Crippen molar-refractivity contribution in [3.8, 4) is 0 Å². The van der Waals surface area contributed by atoms with Crippen LogP contribution < -0.4 is 0 Å². The van der Waals surface area contributed by atoms with E-state index in [1.807, 2.05) is 0 Å². The number of aryl methyl sites for hydroxylation is 2. The Hall–Kier alpha value is -0.807. The molecule has 0 spiro atoms. The van der Waals surface area contributed by atoms with Gasteiger partial charge >= 0.3 is 125 Å². The molecule has 0 radical (unpaired) electrons. The van der Waals surface area contributed by atoms with Crippen LogP contribution in [-0.4, -0.2) is 3.21 Å². The van der Waals surface area contributed by atoms with Crippen LogP contribution in [0.15, 0.2) is 60.7 Å². The fourth-order valence-electron chi connectivity index (χ4n) is 2.00. The molecule has 0 N–H and O–H groups in total. The molecule has 0 amide bonds. The van der Waals surface area contributed by atoms with Crippen molar-refractivity contribution in [3.63, 3.8) is 0 Å². The van der Waals surface area contributed by atoms with Gasteiger partial charge in [0.05, 0.1) is 0 Å². The third-order valence-electron chi connectivity index (χ3n) is 3.12. The van der Waals surface area contributed by atoms with Crippen LogP contribution in [0.2, 0.25) is 0 Å². The van der Waals surface area contributed by atoms with Crippen molar-refractivity contribution in [2.45, 2.75) is 25.7 Å². The van der Waals surface area contributed by atoms with E-state index in [-0.39, 0.29) is 0 Å². The van der Waals surface area contributed by atoms with Gasteiger partial charge < -0.3 is 0 Å². The van der Waals surface area contributed by atoms with E-state index in [9.17, 15) is 0 Å². The third kappa shape index (κ3) is 4.82. The molecule has 2 rings (SSSR count). The van der Waals surface area contributed by atoms with E-state index >= 15 is 0 Å². The molecule has 0 aliphatic rings. The summed E-state index contributed by atoms with van der Waals surface area (Å²) in [6, 6.07) is 21.6. The molecule has 2 aromatic carbocycles. The predicted molar refractivity (Wildman–Crippen MR) is 74.5 cm³/mol. The summed E-state index contributed by atoms with van der Waals surface area (Å²) in [6.07, 6.45) is 4.87. The molecule has 88 valence electrons. The molecule has 0 aliphatic heterocycles. The molecule has 0 aromatic heterocycles. The monoisotopic (exact) mass is 312 g/mol. The van der Waals surface area contributed by atoms with Crippen LogP contribution in [0.3, 0.4) is 0 Å². The Morgan fingerprint density at radius 3 is 1.44 bits per heavy atom. The molecule has 0 unspecified atom stereocenters. The fourth-order valence-corrected chi connectivity index (χ4v) is 2.62. The molecule has 0 saturated heterocycles. The Labute approximate surface area is 124 Å². The SMILES string of the molecule is [Zr+2]=[C](CCc1ccccc1)CCc1ccccc1. The molecule has 1 heteroatoms. The van der Waals surface area contributed by atoms with Gasteiger partial charge in [0.25, 0.3) is 0 Å². The summed E-state index contributed by atoms with van der Waals surface area (Å²) in [6.45, 7) is 0. The number of hydrogen-bond acceptors (Lipinski definition) is 0. The number of benzene rings is 2. The first-order valence-corrected chi connectivity index (χ1v) is 7.71. The van der Waals surface area contributed by atoms with Crippen molar-refractivity contribution in [3.05, 3.63) is 71.8 Å². The van der Waals surface area contributed by atoms with Gasteiger partial charge in [-0.2, -0.15) is 0 Å². The van der Waals surface area contributed by atoms with Gasteiger partial charge in [0, 0.05) is 0 Å². The maximum atomic E-state index is 2.22. The summed E-state index contributed by atoms with van der Waals surface area (Å²) in [5.74, 6) is 0. The Morgan fingerprint density at radius 2 is 1.06 bits per heavy atom. The molecule has 18 heavy (non-hydrogen) atoms. The van der Waals surface area contributed by atoms with Gasteiger partial charge in [0.2, 0.25) is 0 Å². The second kappa shape index (κ2) is 7.59. The Kier molecular flexibility index (Phi) is 5.74. The summed E-state index contributed by atoms with van der Waals surface area (Å²) < 4.78 is 1.69. The van der Waals surface area contributed by atoms with Crippen LogP contribution in [0.1, 0.15) is 24.0 Å². The zero-order valence-electron chi connectivity index (χ0n) is 10.6. The van der Waals surface area contributed by atoms with E-state index in [0.29, 0.717) is 0 Å². The van der Waals surface area contributed by atoms with Crippen LogP contribution in [0.25, 0.3) is 0 Å². The average Bonchev–Trinajstić information content (AvgIpc) is 2.45. The normalized spacial score (nSPS) is 10.3. The Bertz CT molecular complexity index is 428. The molecule has 0 heterocycles. The molecule has 0 saturated carbocycles. The minimum atomic E-state index is 1.19. The molecule has 0 atom stereocenters. The second-order valence-corrected chi connectivity index (χ2v) is 6.31. The van der Waals surface area contributed by atoms with Crippen molar-refractivity contribution < 1.29 is 24.2 Å². The van der Waals surface area contributed by atoms with Gasteiger partial charge in [-0.3, -0.25) is 0 Å². The predicted octanol–water partition coefficient (Wildman–Crippen LogP) is 3.97. The van der Waals surface area contributed by atoms with Crippen molar-refractivity contribution in [2.24, 2.45) is 0 Å². The van der Waals surface area contributed by atoms with E-state index in [0.717, 1.165) is 0 Å². The number of rotatable bonds is 6. The van der Waals surface area contributed by atoms with Crippen LogP contribution in [-0.2, 0) is 37.1 Å². The minimum absolute atomic E-state index is 1.19. The molecule has 2 aromatic rings. The average molecular weight is 314 g/mol. The summed E-state index contributed by atoms with van der Waals surface area (Å²) in [5.41, 5.74) is 2.91. The molecule has 0 aliphatic carbocycles. The topological polar surface area (TPSA) is 0 Å². The van der Waals surface area contributed by atoms with E-state index in [4.69, 9.17) is 0 Å². The van der Waals surface area contributed by atoms with Gasteiger partial charge in [0.15, 0.2) is 0 Å². The van der Waals surface area contributed by atoms with Gasteiger partial charge in [-0.05, 0) is 0 Å². The number of hydrogen-bond donors (Lipinski definition) is 0. The van der Waals surface area contributed by atoms with Crippen LogP contribution in [0, 0.1) is 0 Å². The zero-order chi connectivity index (χ0) is 12.6. The first kappa shape index (κ1) is 13.6. The molecular formula is C17H18Zr+2. The van der Waals surface area contributed by atoms with E-state index in [2.05, 4.69) is 60.7 Å². The van der Waals surface area contributed by atoms with Crippen LogP contribution >= 0.6 is 0 Å². The van der Waals surface area contributed by atoms with E-state index in [1.54, 1.807) is 27.4 Å². The Balaban J connectivity index is 1.73. The summed E-state index contributed by atoms with van der Waals surface area (Å²) >= 11 is 1.60. The maximum absolute atomic E-state index is 2.22. The molecule has 0 fully saturated rings. The first-order valence-electron chi connectivity index (χ1n) is 6.49. The van der Waals surface area contributed by atoms with Gasteiger partial charge in [-0.1, -0.05) is 0 Å². The standard InChI is InChI=1S/C17H18.Zr/c1-4-10-16(11-5-1)14-8-3-9-15-17-12-6-2-7-13-17;/h1-2,4-7,10-13H,8-9,14-15H2;/q;+2. The zero-order valence-corrected chi connectivity index (χ0v) is 13.1. The summed E-state index contributed by atoms with van der Waals surface area (Å²) in [7, 11) is 0. The summed E-state index contributed by atoms with van der Waals surface area (Å²) in [4.78, 5) is 0. The van der Waals surface area contributed by atoms with Crippen molar-refractivity contribution >= 4 is 3.21 Å². The van der Waals surface area contributed by atoms with Crippen molar-refractivity contribution in [2.75, 3.05) is 0 Å². The molecule has 0 bridgehead atoms. The quantitative estimate of drug-likeness (QED) is 0.757. The van der Waals surface area contributed by atoms with E-state index < -0.39 is 0 Å². The fraction of sp³-hybridized carbons (Fsp3) is 0.235. The van der Waals surface area contributed by atoms with Crippen molar-refractivity contribution in [1.82, 2.24) is 0 Å². The third-order valence-corrected chi connectivity index (χ3v) is 4.35. The van der Waals surface area contributed by atoms with Gasteiger partial charge in [-0.25, -0.2) is 0 Å². The van der Waals surface area contributed by atoms with Gasteiger partial charge in [-0.15, -0.1) is 0 Å².